The summed E-state index contributed by atoms with van der Waals surface area (Å²) in [5, 5.41) is 16.9. The summed E-state index contributed by atoms with van der Waals surface area (Å²) in [7, 11) is 1.78. The number of halogens is 3. The normalized spacial score (nSPS) is 16.5. The zero-order valence-electron chi connectivity index (χ0n) is 17.2. The molecule has 0 aliphatic carbocycles. The highest BCUT2D eigenvalue weighted by Crippen LogP contribution is 2.39. The molecular formula is C20H16F3N9O. The molecule has 1 atom stereocenters. The molecule has 0 saturated carbocycles. The summed E-state index contributed by atoms with van der Waals surface area (Å²) in [6.45, 7) is 0.481. The Labute approximate surface area is 183 Å². The third-order valence-electron chi connectivity index (χ3n) is 5.64. The van der Waals surface area contributed by atoms with Crippen molar-refractivity contribution in [1.82, 2.24) is 39.6 Å². The summed E-state index contributed by atoms with van der Waals surface area (Å²) >= 11 is 0. The van der Waals surface area contributed by atoms with Crippen molar-refractivity contribution in [2.75, 3.05) is 11.4 Å². The standard InChI is InChI=1S/C20H16F3N9O/c1-30-9-11(8-26-30)18-27-28-19(33-18)31-6-4-13-16(25-10-24-13)17(31)14-7-15-12(20(21,22)23)3-2-5-32(15)29-14/h2-3,5,7-10,17H,4,6H2,1H3,(H,24,25). The molecule has 13 heteroatoms. The van der Waals surface area contributed by atoms with E-state index in [1.807, 2.05) is 4.90 Å². The van der Waals surface area contributed by atoms with Crippen molar-refractivity contribution in [3.8, 4) is 11.5 Å². The lowest BCUT2D eigenvalue weighted by atomic mass is 10.00. The van der Waals surface area contributed by atoms with E-state index in [4.69, 9.17) is 4.42 Å². The van der Waals surface area contributed by atoms with Crippen molar-refractivity contribution < 1.29 is 17.6 Å². The van der Waals surface area contributed by atoms with E-state index in [0.29, 0.717) is 35.8 Å². The van der Waals surface area contributed by atoms with Gasteiger partial charge in [0.05, 0.1) is 40.6 Å². The lowest BCUT2D eigenvalue weighted by molar-refractivity contribution is -0.136. The second-order valence-corrected chi connectivity index (χ2v) is 7.72. The van der Waals surface area contributed by atoms with E-state index in [9.17, 15) is 13.2 Å². The fraction of sp³-hybridized carbons (Fsp3) is 0.250. The van der Waals surface area contributed by atoms with Crippen LogP contribution in [0.5, 0.6) is 0 Å². The van der Waals surface area contributed by atoms with Gasteiger partial charge in [-0.1, -0.05) is 5.10 Å². The van der Waals surface area contributed by atoms with E-state index in [-0.39, 0.29) is 11.5 Å². The highest BCUT2D eigenvalue weighted by molar-refractivity contribution is 5.59. The number of alkyl halides is 3. The fourth-order valence-electron chi connectivity index (χ4n) is 4.17. The van der Waals surface area contributed by atoms with E-state index >= 15 is 0 Å². The molecule has 1 N–H and O–H groups in total. The average Bonchev–Trinajstić information content (AvgIpc) is 3.56. The summed E-state index contributed by atoms with van der Waals surface area (Å²) in [5.74, 6) is 0.291. The van der Waals surface area contributed by atoms with Crippen molar-refractivity contribution >= 4 is 11.5 Å². The Hall–Kier alpha value is -4.16. The molecule has 6 rings (SSSR count). The van der Waals surface area contributed by atoms with E-state index in [2.05, 4.69) is 30.4 Å². The number of anilines is 1. The van der Waals surface area contributed by atoms with E-state index in [1.54, 1.807) is 30.5 Å². The van der Waals surface area contributed by atoms with Crippen molar-refractivity contribution in [2.24, 2.45) is 7.05 Å². The Balaban J connectivity index is 1.47. The van der Waals surface area contributed by atoms with Gasteiger partial charge in [-0.2, -0.15) is 23.4 Å². The van der Waals surface area contributed by atoms with Gasteiger partial charge in [-0.15, -0.1) is 5.10 Å². The number of fused-ring (bicyclic) bond motifs is 2. The minimum absolute atomic E-state index is 0.0378. The number of hydrogen-bond donors (Lipinski definition) is 1. The van der Waals surface area contributed by atoms with Gasteiger partial charge in [0.25, 0.3) is 5.89 Å². The second kappa shape index (κ2) is 6.92. The molecule has 1 aliphatic rings. The van der Waals surface area contributed by atoms with Gasteiger partial charge in [-0.05, 0) is 18.2 Å². The zero-order chi connectivity index (χ0) is 22.7. The van der Waals surface area contributed by atoms with Crippen LogP contribution in [0.25, 0.3) is 17.0 Å². The van der Waals surface area contributed by atoms with Crippen LogP contribution in [-0.4, -0.2) is 46.1 Å². The summed E-state index contributed by atoms with van der Waals surface area (Å²) in [5.41, 5.74) is 1.79. The number of pyridine rings is 1. The van der Waals surface area contributed by atoms with Gasteiger partial charge in [-0.25, -0.2) is 9.50 Å². The maximum atomic E-state index is 13.6. The molecule has 0 aromatic carbocycles. The van der Waals surface area contributed by atoms with E-state index in [1.165, 1.54) is 22.8 Å². The molecule has 1 unspecified atom stereocenters. The SMILES string of the molecule is Cn1cc(-c2nnc(N3CCc4[nH]cnc4C3c3cc4c(C(F)(F)F)cccn4n3)o2)cn1. The van der Waals surface area contributed by atoms with Crippen LogP contribution in [0.2, 0.25) is 0 Å². The molecule has 10 nitrogen and oxygen atoms in total. The number of imidazole rings is 1. The average molecular weight is 455 g/mol. The Bertz CT molecular complexity index is 1460. The first-order chi connectivity index (χ1) is 15.9. The first-order valence-electron chi connectivity index (χ1n) is 10.1. The number of nitrogens with zero attached hydrogens (tertiary/aromatic N) is 8. The minimum atomic E-state index is -4.51. The molecule has 0 saturated heterocycles. The van der Waals surface area contributed by atoms with Crippen LogP contribution >= 0.6 is 0 Å². The predicted molar refractivity (Wildman–Crippen MR) is 108 cm³/mol. The molecule has 5 aromatic heterocycles. The maximum Gasteiger partial charge on any atom is 0.418 e. The van der Waals surface area contributed by atoms with Crippen LogP contribution in [0.15, 0.2) is 47.5 Å². The molecule has 0 spiro atoms. The number of hydrogen-bond acceptors (Lipinski definition) is 7. The second-order valence-electron chi connectivity index (χ2n) is 7.72. The molecule has 1 aliphatic heterocycles. The lowest BCUT2D eigenvalue weighted by Gasteiger charge is -2.32. The Morgan fingerprint density at radius 1 is 1.24 bits per heavy atom. The third-order valence-corrected chi connectivity index (χ3v) is 5.64. The van der Waals surface area contributed by atoms with Crippen LogP contribution < -0.4 is 4.90 Å². The van der Waals surface area contributed by atoms with E-state index < -0.39 is 17.8 Å². The van der Waals surface area contributed by atoms with E-state index in [0.717, 1.165) is 11.8 Å². The van der Waals surface area contributed by atoms with Crippen LogP contribution in [0.1, 0.15) is 28.7 Å². The molecule has 168 valence electrons. The topological polar surface area (TPSA) is 106 Å². The highest BCUT2D eigenvalue weighted by Gasteiger charge is 2.38. The highest BCUT2D eigenvalue weighted by atomic mass is 19.4. The molecule has 0 fully saturated rings. The van der Waals surface area contributed by atoms with Crippen molar-refractivity contribution in [3.05, 3.63) is 65.8 Å². The van der Waals surface area contributed by atoms with Crippen LogP contribution in [-0.2, 0) is 19.6 Å². The molecular weight excluding hydrogens is 439 g/mol. The Morgan fingerprint density at radius 2 is 2.12 bits per heavy atom. The first kappa shape index (κ1) is 19.5. The zero-order valence-corrected chi connectivity index (χ0v) is 17.2. The summed E-state index contributed by atoms with van der Waals surface area (Å²) in [6.07, 6.45) is 2.52. The van der Waals surface area contributed by atoms with Crippen LogP contribution in [0.3, 0.4) is 0 Å². The number of nitrogens with one attached hydrogen (secondary N) is 1. The predicted octanol–water partition coefficient (Wildman–Crippen LogP) is 3.01. The van der Waals surface area contributed by atoms with Gasteiger partial charge in [0.2, 0.25) is 0 Å². The fourth-order valence-corrected chi connectivity index (χ4v) is 4.17. The number of aromatic amines is 1. The summed E-state index contributed by atoms with van der Waals surface area (Å²) in [4.78, 5) is 9.34. The monoisotopic (exact) mass is 455 g/mol. The molecule has 0 amide bonds. The summed E-state index contributed by atoms with van der Waals surface area (Å²) < 4.78 is 49.4. The first-order valence-corrected chi connectivity index (χ1v) is 10.1. The van der Waals surface area contributed by atoms with Gasteiger partial charge in [0.15, 0.2) is 0 Å². The minimum Gasteiger partial charge on any atom is -0.403 e. The van der Waals surface area contributed by atoms with Crippen LogP contribution in [0, 0.1) is 0 Å². The molecule has 5 aromatic rings. The molecule has 0 radical (unpaired) electrons. The van der Waals surface area contributed by atoms with Crippen molar-refractivity contribution in [2.45, 2.75) is 18.6 Å². The lowest BCUT2D eigenvalue weighted by Crippen LogP contribution is -2.36. The number of aryl methyl sites for hydroxylation is 1. The van der Waals surface area contributed by atoms with Crippen molar-refractivity contribution in [3.63, 3.8) is 0 Å². The van der Waals surface area contributed by atoms with Gasteiger partial charge in [0.1, 0.15) is 6.04 Å². The largest absolute Gasteiger partial charge is 0.418 e. The Morgan fingerprint density at radius 3 is 2.91 bits per heavy atom. The van der Waals surface area contributed by atoms with Gasteiger partial charge >= 0.3 is 12.2 Å². The summed E-state index contributed by atoms with van der Waals surface area (Å²) in [6, 6.07) is 3.41. The smallest absolute Gasteiger partial charge is 0.403 e. The molecule has 6 heterocycles. The third kappa shape index (κ3) is 3.15. The quantitative estimate of drug-likeness (QED) is 0.446. The van der Waals surface area contributed by atoms with Crippen molar-refractivity contribution in [1.29, 1.82) is 0 Å². The number of H-pyrrole nitrogens is 1. The van der Waals surface area contributed by atoms with Gasteiger partial charge < -0.3 is 14.3 Å². The number of aromatic nitrogens is 8. The van der Waals surface area contributed by atoms with Crippen LogP contribution in [0.4, 0.5) is 19.2 Å². The number of rotatable bonds is 3. The van der Waals surface area contributed by atoms with Gasteiger partial charge in [-0.3, -0.25) is 4.68 Å². The maximum absolute atomic E-state index is 13.6. The molecule has 33 heavy (non-hydrogen) atoms. The van der Waals surface area contributed by atoms with Gasteiger partial charge in [0, 0.05) is 38.1 Å². The Kier molecular flexibility index (Phi) is 4.09. The molecule has 0 bridgehead atoms.